The topological polar surface area (TPSA) is 96.0 Å². The normalized spacial score (nSPS) is 21.9. The molecule has 1 aromatic carbocycles. The number of nitrogens with zero attached hydrogens (tertiary/aromatic N) is 2. The Balaban J connectivity index is 1.92. The molecule has 0 saturated carbocycles. The van der Waals surface area contributed by atoms with Crippen LogP contribution in [-0.2, 0) is 16.0 Å². The van der Waals surface area contributed by atoms with E-state index in [1.807, 2.05) is 53.6 Å². The zero-order valence-corrected chi connectivity index (χ0v) is 12.4. The molecule has 6 nitrogen and oxygen atoms in total. The van der Waals surface area contributed by atoms with Crippen LogP contribution in [0.3, 0.4) is 0 Å². The molecular formula is C17H17N3O3. The first-order chi connectivity index (χ1) is 11.1. The summed E-state index contributed by atoms with van der Waals surface area (Å²) in [5, 5.41) is 8.82. The second kappa shape index (κ2) is 6.08. The van der Waals surface area contributed by atoms with Crippen molar-refractivity contribution < 1.29 is 14.7 Å². The van der Waals surface area contributed by atoms with Gasteiger partial charge in [-0.15, -0.1) is 0 Å². The van der Waals surface area contributed by atoms with Gasteiger partial charge in [0.1, 0.15) is 17.9 Å². The number of hydrogen-bond donors (Lipinski definition) is 2. The number of aliphatic carboxylic acids is 1. The number of fused-ring (bicyclic) bond motifs is 1. The second-order valence-corrected chi connectivity index (χ2v) is 5.51. The molecule has 0 fully saturated rings. The van der Waals surface area contributed by atoms with Gasteiger partial charge in [0.05, 0.1) is 0 Å². The number of nitrogens with two attached hydrogens (primary N) is 1. The summed E-state index contributed by atoms with van der Waals surface area (Å²) < 4.78 is 0. The smallest absolute Gasteiger partial charge is 0.303 e. The lowest BCUT2D eigenvalue weighted by atomic mass is 9.97. The Kier molecular flexibility index (Phi) is 3.97. The Morgan fingerprint density at radius 3 is 2.87 bits per heavy atom. The maximum atomic E-state index is 11.8. The van der Waals surface area contributed by atoms with Gasteiger partial charge in [-0.05, 0) is 29.7 Å². The summed E-state index contributed by atoms with van der Waals surface area (Å²) >= 11 is 0. The summed E-state index contributed by atoms with van der Waals surface area (Å²) in [5.41, 5.74) is 7.61. The molecule has 2 heterocycles. The number of allylic oxidation sites excluding steroid dienone is 2. The van der Waals surface area contributed by atoms with E-state index in [4.69, 9.17) is 10.8 Å². The van der Waals surface area contributed by atoms with Crippen LogP contribution < -0.4 is 5.73 Å². The SMILES string of the molecule is NC(=O)C1=NC2C=CC=CN2C1c1cccc(CCC(=O)O)c1. The van der Waals surface area contributed by atoms with Gasteiger partial charge in [-0.25, -0.2) is 0 Å². The molecule has 2 aliphatic rings. The number of aliphatic imine (C=N–C) groups is 1. The van der Waals surface area contributed by atoms with Crippen molar-refractivity contribution in [2.24, 2.45) is 10.7 Å². The summed E-state index contributed by atoms with van der Waals surface area (Å²) in [6, 6.07) is 7.22. The van der Waals surface area contributed by atoms with Gasteiger partial charge >= 0.3 is 5.97 Å². The van der Waals surface area contributed by atoms with Gasteiger partial charge in [-0.1, -0.05) is 30.3 Å². The molecule has 118 valence electrons. The lowest BCUT2D eigenvalue weighted by Gasteiger charge is -2.28. The first kappa shape index (κ1) is 15.0. The van der Waals surface area contributed by atoms with Crippen LogP contribution in [0.5, 0.6) is 0 Å². The highest BCUT2D eigenvalue weighted by molar-refractivity contribution is 6.40. The molecule has 2 aliphatic heterocycles. The number of benzene rings is 1. The van der Waals surface area contributed by atoms with Crippen molar-refractivity contribution in [2.45, 2.75) is 25.0 Å². The van der Waals surface area contributed by atoms with Crippen molar-refractivity contribution in [3.05, 3.63) is 59.8 Å². The highest BCUT2D eigenvalue weighted by atomic mass is 16.4. The maximum absolute atomic E-state index is 11.8. The molecule has 3 N–H and O–H groups in total. The summed E-state index contributed by atoms with van der Waals surface area (Å²) in [6.45, 7) is 0. The quantitative estimate of drug-likeness (QED) is 0.859. The fraction of sp³-hybridized carbons (Fsp3) is 0.235. The monoisotopic (exact) mass is 311 g/mol. The molecule has 2 atom stereocenters. The zero-order chi connectivity index (χ0) is 16.4. The van der Waals surface area contributed by atoms with Gasteiger partial charge < -0.3 is 15.7 Å². The summed E-state index contributed by atoms with van der Waals surface area (Å²) in [7, 11) is 0. The number of hydrogen-bond acceptors (Lipinski definition) is 4. The Morgan fingerprint density at radius 1 is 1.30 bits per heavy atom. The average molecular weight is 311 g/mol. The Labute approximate surface area is 133 Å². The van der Waals surface area contributed by atoms with Crippen LogP contribution in [0, 0.1) is 0 Å². The van der Waals surface area contributed by atoms with Crippen LogP contribution in [-0.4, -0.2) is 33.8 Å². The van der Waals surface area contributed by atoms with E-state index in [-0.39, 0.29) is 18.6 Å². The number of primary amides is 1. The highest BCUT2D eigenvalue weighted by Crippen LogP contribution is 2.33. The maximum Gasteiger partial charge on any atom is 0.303 e. The Hall–Kier alpha value is -2.89. The number of carbonyl (C=O) groups is 2. The molecule has 0 aromatic heterocycles. The number of aryl methyl sites for hydroxylation is 1. The summed E-state index contributed by atoms with van der Waals surface area (Å²) in [4.78, 5) is 28.9. The van der Waals surface area contributed by atoms with E-state index < -0.39 is 11.9 Å². The van der Waals surface area contributed by atoms with E-state index in [1.165, 1.54) is 0 Å². The average Bonchev–Trinajstić information content (AvgIpc) is 2.93. The summed E-state index contributed by atoms with van der Waals surface area (Å²) in [5.74, 6) is -1.37. The van der Waals surface area contributed by atoms with Crippen LogP contribution in [0.1, 0.15) is 23.6 Å². The lowest BCUT2D eigenvalue weighted by molar-refractivity contribution is -0.137. The molecule has 0 aliphatic carbocycles. The third-order valence-corrected chi connectivity index (χ3v) is 3.93. The fourth-order valence-electron chi connectivity index (χ4n) is 2.90. The molecule has 0 bridgehead atoms. The van der Waals surface area contributed by atoms with Crippen molar-refractivity contribution in [1.29, 1.82) is 0 Å². The third kappa shape index (κ3) is 3.01. The number of rotatable bonds is 5. The second-order valence-electron chi connectivity index (χ2n) is 5.51. The van der Waals surface area contributed by atoms with E-state index in [9.17, 15) is 9.59 Å². The number of carbonyl (C=O) groups excluding carboxylic acids is 1. The van der Waals surface area contributed by atoms with Gasteiger partial charge in [0.2, 0.25) is 0 Å². The largest absolute Gasteiger partial charge is 0.481 e. The van der Waals surface area contributed by atoms with E-state index in [0.717, 1.165) is 11.1 Å². The minimum atomic E-state index is -0.833. The molecule has 0 saturated heterocycles. The number of carboxylic acid groups (broad SMARTS) is 1. The van der Waals surface area contributed by atoms with Crippen LogP contribution in [0.4, 0.5) is 0 Å². The van der Waals surface area contributed by atoms with Crippen LogP contribution in [0.2, 0.25) is 0 Å². The third-order valence-electron chi connectivity index (χ3n) is 3.93. The van der Waals surface area contributed by atoms with Gasteiger partial charge in [0, 0.05) is 12.6 Å². The Morgan fingerprint density at radius 2 is 2.13 bits per heavy atom. The van der Waals surface area contributed by atoms with E-state index in [2.05, 4.69) is 4.99 Å². The van der Waals surface area contributed by atoms with Crippen molar-refractivity contribution in [1.82, 2.24) is 4.90 Å². The van der Waals surface area contributed by atoms with Crippen LogP contribution >= 0.6 is 0 Å². The van der Waals surface area contributed by atoms with E-state index >= 15 is 0 Å². The lowest BCUT2D eigenvalue weighted by Crippen LogP contribution is -2.34. The predicted molar refractivity (Wildman–Crippen MR) is 85.7 cm³/mol. The first-order valence-corrected chi connectivity index (χ1v) is 7.37. The minimum Gasteiger partial charge on any atom is -0.481 e. The molecule has 6 heteroatoms. The number of amides is 1. The predicted octanol–water partition coefficient (Wildman–Crippen LogP) is 1.40. The molecule has 3 rings (SSSR count). The van der Waals surface area contributed by atoms with E-state index in [1.54, 1.807) is 0 Å². The molecule has 1 aromatic rings. The molecular weight excluding hydrogens is 294 g/mol. The minimum absolute atomic E-state index is 0.0693. The van der Waals surface area contributed by atoms with Crippen molar-refractivity contribution in [3.63, 3.8) is 0 Å². The zero-order valence-electron chi connectivity index (χ0n) is 12.4. The van der Waals surface area contributed by atoms with Gasteiger partial charge in [0.25, 0.3) is 5.91 Å². The van der Waals surface area contributed by atoms with Crippen molar-refractivity contribution >= 4 is 17.6 Å². The number of carboxylic acids is 1. The fourth-order valence-corrected chi connectivity index (χ4v) is 2.90. The molecule has 23 heavy (non-hydrogen) atoms. The van der Waals surface area contributed by atoms with Crippen molar-refractivity contribution in [2.75, 3.05) is 0 Å². The first-order valence-electron chi connectivity index (χ1n) is 7.37. The molecule has 0 spiro atoms. The molecule has 0 radical (unpaired) electrons. The van der Waals surface area contributed by atoms with E-state index in [0.29, 0.717) is 12.1 Å². The molecule has 2 unspecified atom stereocenters. The van der Waals surface area contributed by atoms with Crippen LogP contribution in [0.15, 0.2) is 53.7 Å². The summed E-state index contributed by atoms with van der Waals surface area (Å²) in [6.07, 6.45) is 7.84. The molecule has 1 amide bonds. The van der Waals surface area contributed by atoms with Gasteiger partial charge in [-0.3, -0.25) is 14.6 Å². The standard InChI is InChI=1S/C17H17N3O3/c18-17(23)15-16(20-9-2-1-6-13(20)19-15)12-5-3-4-11(10-12)7-8-14(21)22/h1-6,9-10,13,16H,7-8H2,(H2,18,23)(H,21,22). The highest BCUT2D eigenvalue weighted by Gasteiger charge is 2.37. The van der Waals surface area contributed by atoms with Gasteiger partial charge in [-0.2, -0.15) is 0 Å². The van der Waals surface area contributed by atoms with Crippen molar-refractivity contribution in [3.8, 4) is 0 Å². The van der Waals surface area contributed by atoms with Crippen LogP contribution in [0.25, 0.3) is 0 Å². The Bertz CT molecular complexity index is 736. The van der Waals surface area contributed by atoms with Gasteiger partial charge in [0.15, 0.2) is 0 Å².